The van der Waals surface area contributed by atoms with E-state index >= 15 is 0 Å². The lowest BCUT2D eigenvalue weighted by Crippen LogP contribution is -2.29. The number of fused-ring (bicyclic) bond motifs is 5. The summed E-state index contributed by atoms with van der Waals surface area (Å²) in [4.78, 5) is 0. The monoisotopic (exact) mass is 618 g/mol. The van der Waals surface area contributed by atoms with Crippen LogP contribution in [0.15, 0.2) is 167 Å². The van der Waals surface area contributed by atoms with Crippen LogP contribution in [0.25, 0.3) is 73.6 Å². The second kappa shape index (κ2) is 12.2. The van der Waals surface area contributed by atoms with Gasteiger partial charge in [-0.15, -0.1) is 0 Å². The van der Waals surface area contributed by atoms with Crippen LogP contribution in [0.5, 0.6) is 0 Å². The summed E-state index contributed by atoms with van der Waals surface area (Å²) in [6, 6.07) is 39.4. The van der Waals surface area contributed by atoms with E-state index in [0.717, 1.165) is 106 Å². The Kier molecular flexibility index (Phi) is 7.47. The molecule has 48 heavy (non-hydrogen) atoms. The second-order valence-electron chi connectivity index (χ2n) is 12.2. The molecule has 0 aliphatic heterocycles. The molecular formula is C46H34O2. The Bertz CT molecular complexity index is 2690. The van der Waals surface area contributed by atoms with Crippen molar-refractivity contribution in [3.05, 3.63) is 185 Å². The molecule has 2 nitrogen and oxygen atoms in total. The van der Waals surface area contributed by atoms with Crippen LogP contribution in [0, 0.1) is 0 Å². The van der Waals surface area contributed by atoms with Gasteiger partial charge in [-0.2, -0.15) is 0 Å². The molecule has 2 heterocycles. The number of furan rings is 2. The molecule has 0 N–H and O–H groups in total. The molecule has 0 saturated carbocycles. The van der Waals surface area contributed by atoms with Crippen molar-refractivity contribution in [3.8, 4) is 11.3 Å². The molecule has 0 amide bonds. The van der Waals surface area contributed by atoms with E-state index in [1.165, 1.54) is 0 Å². The van der Waals surface area contributed by atoms with E-state index in [1.54, 1.807) is 0 Å². The lowest BCUT2D eigenvalue weighted by atomic mass is 9.89. The van der Waals surface area contributed by atoms with Crippen molar-refractivity contribution in [2.45, 2.75) is 12.8 Å². The van der Waals surface area contributed by atoms with Crippen LogP contribution in [0.3, 0.4) is 0 Å². The molecule has 2 heteroatoms. The van der Waals surface area contributed by atoms with E-state index < -0.39 is 0 Å². The topological polar surface area (TPSA) is 26.3 Å². The van der Waals surface area contributed by atoms with Crippen molar-refractivity contribution < 1.29 is 8.83 Å². The normalized spacial score (nSPS) is 15.6. The molecular weight excluding hydrogens is 585 g/mol. The number of allylic oxidation sites excluding steroid dienone is 6. The molecule has 7 aromatic rings. The first-order valence-electron chi connectivity index (χ1n) is 16.3. The minimum absolute atomic E-state index is 0.775. The van der Waals surface area contributed by atoms with Gasteiger partial charge in [0.2, 0.25) is 0 Å². The molecule has 230 valence electrons. The maximum absolute atomic E-state index is 6.48. The number of benzene rings is 5. The summed E-state index contributed by atoms with van der Waals surface area (Å²) < 4.78 is 12.8. The largest absolute Gasteiger partial charge is 0.456 e. The predicted octanol–water partition coefficient (Wildman–Crippen LogP) is 9.37. The zero-order valence-electron chi connectivity index (χ0n) is 26.7. The zero-order valence-corrected chi connectivity index (χ0v) is 26.7. The maximum atomic E-state index is 6.48. The molecule has 8 rings (SSSR count). The summed E-state index contributed by atoms with van der Waals surface area (Å²) in [5, 5.41) is 7.38. The first-order chi connectivity index (χ1) is 23.5. The van der Waals surface area contributed by atoms with Crippen LogP contribution in [0.1, 0.15) is 18.4 Å². The first-order valence-corrected chi connectivity index (χ1v) is 16.3. The molecule has 0 fully saturated rings. The Morgan fingerprint density at radius 2 is 1.27 bits per heavy atom. The number of para-hydroxylation sites is 2. The van der Waals surface area contributed by atoms with Crippen LogP contribution >= 0.6 is 0 Å². The fourth-order valence-electron chi connectivity index (χ4n) is 6.70. The van der Waals surface area contributed by atoms with Gasteiger partial charge in [0.25, 0.3) is 0 Å². The van der Waals surface area contributed by atoms with Gasteiger partial charge in [0.05, 0.1) is 0 Å². The van der Waals surface area contributed by atoms with Gasteiger partial charge < -0.3 is 8.83 Å². The molecule has 0 bridgehead atoms. The molecule has 2 aromatic heterocycles. The molecule has 0 spiro atoms. The Labute approximate surface area is 279 Å². The number of hydrogen-bond acceptors (Lipinski definition) is 2. The lowest BCUT2D eigenvalue weighted by molar-refractivity contribution is 0.630. The van der Waals surface area contributed by atoms with E-state index in [0.29, 0.717) is 0 Å². The van der Waals surface area contributed by atoms with Crippen molar-refractivity contribution in [2.75, 3.05) is 0 Å². The van der Waals surface area contributed by atoms with E-state index in [-0.39, 0.29) is 0 Å². The summed E-state index contributed by atoms with van der Waals surface area (Å²) in [6.45, 7) is 13.6. The van der Waals surface area contributed by atoms with Crippen molar-refractivity contribution in [1.82, 2.24) is 0 Å². The lowest BCUT2D eigenvalue weighted by Gasteiger charge is -2.14. The van der Waals surface area contributed by atoms with Gasteiger partial charge in [-0.3, -0.25) is 0 Å². The number of hydrogen-bond donors (Lipinski definition) is 0. The van der Waals surface area contributed by atoms with Crippen LogP contribution in [-0.2, 0) is 0 Å². The summed E-state index contributed by atoms with van der Waals surface area (Å²) in [5.41, 5.74) is 8.40. The average Bonchev–Trinajstić information content (AvgIpc) is 3.71. The standard InChI is InChI=1S/C46H34O2/c1-30-16-8-9-17-33(30)26-31(2)35-19-6-4-5-7-20-36(38-22-12-11-21-37(35)38)32(3)40-28-41-39-23-13-15-25-44(39)48-46(41)29-42(40)45-27-34-18-10-14-24-43(34)47-45/h6-29H,1-5H2/b19-6?,20-7+,33-26-,37-35?,38-36+. The van der Waals surface area contributed by atoms with Gasteiger partial charge in [0.15, 0.2) is 0 Å². The van der Waals surface area contributed by atoms with Crippen molar-refractivity contribution in [3.63, 3.8) is 0 Å². The van der Waals surface area contributed by atoms with Crippen LogP contribution in [0.4, 0.5) is 0 Å². The van der Waals surface area contributed by atoms with Gasteiger partial charge >= 0.3 is 0 Å². The zero-order chi connectivity index (χ0) is 32.6. The molecule has 1 aliphatic carbocycles. The van der Waals surface area contributed by atoms with Crippen LogP contribution in [-0.4, -0.2) is 0 Å². The maximum Gasteiger partial charge on any atom is 0.136 e. The van der Waals surface area contributed by atoms with Crippen LogP contribution in [0.2, 0.25) is 0 Å². The quantitative estimate of drug-likeness (QED) is 0.192. The fourth-order valence-corrected chi connectivity index (χ4v) is 6.70. The van der Waals surface area contributed by atoms with E-state index in [1.807, 2.05) is 48.5 Å². The highest BCUT2D eigenvalue weighted by molar-refractivity contribution is 6.12. The predicted molar refractivity (Wildman–Crippen MR) is 203 cm³/mol. The third kappa shape index (κ3) is 5.28. The molecule has 0 unspecified atom stereocenters. The van der Waals surface area contributed by atoms with Gasteiger partial charge in [-0.1, -0.05) is 129 Å². The van der Waals surface area contributed by atoms with Gasteiger partial charge in [0, 0.05) is 21.7 Å². The molecule has 0 saturated heterocycles. The minimum Gasteiger partial charge on any atom is -0.456 e. The second-order valence-corrected chi connectivity index (χ2v) is 12.2. The summed E-state index contributed by atoms with van der Waals surface area (Å²) in [6.07, 6.45) is 12.9. The highest BCUT2D eigenvalue weighted by atomic mass is 16.3. The average molecular weight is 619 g/mol. The Morgan fingerprint density at radius 3 is 2.06 bits per heavy atom. The molecule has 1 aliphatic rings. The highest BCUT2D eigenvalue weighted by Gasteiger charge is 2.19. The SMILES string of the molecule is C=C(/C=c1/ccccc1=C)C1=c2cccc/c2=C(C(=C)c2cc3c(cc2-c2cc4ccccc4o2)oc2ccccc23)/C=C/CCC=C1. The van der Waals surface area contributed by atoms with Gasteiger partial charge in [0.1, 0.15) is 22.5 Å². The first kappa shape index (κ1) is 29.3. The minimum atomic E-state index is 0.775. The molecule has 0 radical (unpaired) electrons. The summed E-state index contributed by atoms with van der Waals surface area (Å²) >= 11 is 0. The van der Waals surface area contributed by atoms with Crippen molar-refractivity contribution in [2.24, 2.45) is 0 Å². The molecule has 0 atom stereocenters. The van der Waals surface area contributed by atoms with Gasteiger partial charge in [-0.05, 0) is 98.0 Å². The van der Waals surface area contributed by atoms with Crippen molar-refractivity contribution >= 4 is 62.3 Å². The Morgan fingerprint density at radius 1 is 0.604 bits per heavy atom. The van der Waals surface area contributed by atoms with E-state index in [2.05, 4.69) is 110 Å². The third-order valence-electron chi connectivity index (χ3n) is 9.17. The summed E-state index contributed by atoms with van der Waals surface area (Å²) in [7, 11) is 0. The smallest absolute Gasteiger partial charge is 0.136 e. The van der Waals surface area contributed by atoms with Crippen molar-refractivity contribution in [1.29, 1.82) is 0 Å². The van der Waals surface area contributed by atoms with E-state index in [4.69, 9.17) is 15.4 Å². The summed E-state index contributed by atoms with van der Waals surface area (Å²) in [5.74, 6) is 0.775. The highest BCUT2D eigenvalue weighted by Crippen LogP contribution is 2.40. The van der Waals surface area contributed by atoms with E-state index in [9.17, 15) is 0 Å². The van der Waals surface area contributed by atoms with Crippen LogP contribution < -0.4 is 20.9 Å². The molecule has 5 aromatic carbocycles. The Hall–Kier alpha value is -6.12. The fraction of sp³-hybridized carbons (Fsp3) is 0.0435. The third-order valence-corrected chi connectivity index (χ3v) is 9.17. The van der Waals surface area contributed by atoms with Gasteiger partial charge in [-0.25, -0.2) is 0 Å². The number of rotatable bonds is 5. The Balaban J connectivity index is 1.42.